The van der Waals surface area contributed by atoms with Crippen LogP contribution in [0.2, 0.25) is 37.8 Å². The lowest BCUT2D eigenvalue weighted by Gasteiger charge is -2.38. The zero-order valence-corrected chi connectivity index (χ0v) is 16.3. The van der Waals surface area contributed by atoms with E-state index in [1.807, 2.05) is 0 Å². The van der Waals surface area contributed by atoms with Crippen LogP contribution in [0.1, 0.15) is 40.5 Å². The van der Waals surface area contributed by atoms with Crippen LogP contribution in [0.15, 0.2) is 11.8 Å². The minimum absolute atomic E-state index is 0.0395. The average molecular weight is 301 g/mol. The Morgan fingerprint density at radius 2 is 1.63 bits per heavy atom. The van der Waals surface area contributed by atoms with Crippen molar-refractivity contribution in [3.63, 3.8) is 0 Å². The molecular formula is C15H32O2Si2. The zero-order chi connectivity index (χ0) is 15.1. The van der Waals surface area contributed by atoms with Crippen molar-refractivity contribution in [3.05, 3.63) is 11.8 Å². The topological polar surface area (TPSA) is 18.5 Å². The van der Waals surface area contributed by atoms with Crippen molar-refractivity contribution in [1.29, 1.82) is 0 Å². The summed E-state index contributed by atoms with van der Waals surface area (Å²) in [4.78, 5) is 0. The van der Waals surface area contributed by atoms with Crippen LogP contribution in [0.3, 0.4) is 0 Å². The highest BCUT2D eigenvalue weighted by atomic mass is 28.4. The van der Waals surface area contributed by atoms with Gasteiger partial charge in [0.15, 0.2) is 8.32 Å². The van der Waals surface area contributed by atoms with Gasteiger partial charge in [-0.3, -0.25) is 0 Å². The fourth-order valence-electron chi connectivity index (χ4n) is 2.22. The van der Waals surface area contributed by atoms with Crippen LogP contribution in [0.25, 0.3) is 0 Å². The molecule has 0 fully saturated rings. The molecule has 1 atom stereocenters. The molecule has 1 rings (SSSR count). The van der Waals surface area contributed by atoms with Crippen molar-refractivity contribution in [2.75, 3.05) is 0 Å². The summed E-state index contributed by atoms with van der Waals surface area (Å²) in [5.74, 6) is 1.16. The Labute approximate surface area is 121 Å². The van der Waals surface area contributed by atoms with Gasteiger partial charge in [-0.15, -0.1) is 0 Å². The average Bonchev–Trinajstić information content (AvgIpc) is 2.40. The molecule has 0 radical (unpaired) electrons. The van der Waals surface area contributed by atoms with Gasteiger partial charge in [0.2, 0.25) is 8.32 Å². The summed E-state index contributed by atoms with van der Waals surface area (Å²) in [6.45, 7) is 20.5. The Morgan fingerprint density at radius 1 is 1.11 bits per heavy atom. The highest BCUT2D eigenvalue weighted by Crippen LogP contribution is 2.42. The number of rotatable bonds is 4. The predicted molar refractivity (Wildman–Crippen MR) is 88.4 cm³/mol. The Morgan fingerprint density at radius 3 is 2.05 bits per heavy atom. The van der Waals surface area contributed by atoms with E-state index in [-0.39, 0.29) is 10.6 Å². The van der Waals surface area contributed by atoms with E-state index in [1.54, 1.807) is 0 Å². The fourth-order valence-corrected chi connectivity index (χ4v) is 4.97. The maximum absolute atomic E-state index is 6.41. The molecule has 0 saturated carbocycles. The van der Waals surface area contributed by atoms with Gasteiger partial charge in [0, 0.05) is 6.42 Å². The van der Waals surface area contributed by atoms with E-state index in [0.717, 1.165) is 18.6 Å². The minimum Gasteiger partial charge on any atom is -0.547 e. The molecule has 0 amide bonds. The minimum atomic E-state index is -1.70. The van der Waals surface area contributed by atoms with E-state index in [4.69, 9.17) is 8.85 Å². The van der Waals surface area contributed by atoms with Crippen LogP contribution in [0, 0.1) is 0 Å². The summed E-state index contributed by atoms with van der Waals surface area (Å²) < 4.78 is 12.7. The molecule has 0 N–H and O–H groups in total. The monoisotopic (exact) mass is 300 g/mol. The van der Waals surface area contributed by atoms with Crippen molar-refractivity contribution in [1.82, 2.24) is 0 Å². The zero-order valence-electron chi connectivity index (χ0n) is 14.3. The van der Waals surface area contributed by atoms with E-state index < -0.39 is 16.6 Å². The SMILES string of the molecule is CC1(O[Si](C)(C)C)CC=C(O[Si](C)(C)C(C)(C)C)C1. The molecule has 0 bridgehead atoms. The molecule has 2 nitrogen and oxygen atoms in total. The summed E-state index contributed by atoms with van der Waals surface area (Å²) >= 11 is 0. The van der Waals surface area contributed by atoms with Gasteiger partial charge in [0.05, 0.1) is 11.4 Å². The molecule has 19 heavy (non-hydrogen) atoms. The van der Waals surface area contributed by atoms with Gasteiger partial charge in [-0.05, 0) is 57.2 Å². The number of hydrogen-bond donors (Lipinski definition) is 0. The lowest BCUT2D eigenvalue weighted by atomic mass is 10.1. The molecule has 112 valence electrons. The van der Waals surface area contributed by atoms with Gasteiger partial charge in [0.1, 0.15) is 0 Å². The smallest absolute Gasteiger partial charge is 0.250 e. The second-order valence-corrected chi connectivity index (χ2v) is 17.7. The lowest BCUT2D eigenvalue weighted by Crippen LogP contribution is -2.42. The third-order valence-corrected chi connectivity index (χ3v) is 9.54. The normalized spacial score (nSPS) is 25.4. The van der Waals surface area contributed by atoms with E-state index in [9.17, 15) is 0 Å². The van der Waals surface area contributed by atoms with Gasteiger partial charge in [0.25, 0.3) is 0 Å². The molecule has 4 heteroatoms. The van der Waals surface area contributed by atoms with Crippen molar-refractivity contribution in [3.8, 4) is 0 Å². The molecule has 1 aliphatic carbocycles. The first kappa shape index (κ1) is 17.0. The number of hydrogen-bond acceptors (Lipinski definition) is 2. The van der Waals surface area contributed by atoms with Crippen LogP contribution >= 0.6 is 0 Å². The van der Waals surface area contributed by atoms with Crippen LogP contribution in [0.4, 0.5) is 0 Å². The van der Waals surface area contributed by atoms with Crippen molar-refractivity contribution < 1.29 is 8.85 Å². The van der Waals surface area contributed by atoms with Crippen LogP contribution < -0.4 is 0 Å². The van der Waals surface area contributed by atoms with Crippen molar-refractivity contribution >= 4 is 16.6 Å². The third kappa shape index (κ3) is 4.76. The van der Waals surface area contributed by atoms with Crippen LogP contribution in [-0.4, -0.2) is 22.2 Å². The Balaban J connectivity index is 2.67. The molecular weight excluding hydrogens is 268 g/mol. The van der Waals surface area contributed by atoms with Crippen LogP contribution in [-0.2, 0) is 8.85 Å². The second-order valence-electron chi connectivity index (χ2n) is 8.58. The molecule has 1 unspecified atom stereocenters. The van der Waals surface area contributed by atoms with Gasteiger partial charge >= 0.3 is 0 Å². The lowest BCUT2D eigenvalue weighted by molar-refractivity contribution is 0.0864. The Hall–Kier alpha value is -0.0662. The van der Waals surface area contributed by atoms with E-state index in [1.165, 1.54) is 0 Å². The van der Waals surface area contributed by atoms with E-state index in [2.05, 4.69) is 66.5 Å². The largest absolute Gasteiger partial charge is 0.547 e. The third-order valence-electron chi connectivity index (χ3n) is 4.05. The summed E-state index contributed by atoms with van der Waals surface area (Å²) in [5, 5.41) is 0.256. The summed E-state index contributed by atoms with van der Waals surface area (Å²) in [6.07, 6.45) is 4.17. The first-order valence-corrected chi connectivity index (χ1v) is 13.6. The molecule has 0 aromatic rings. The predicted octanol–water partition coefficient (Wildman–Crippen LogP) is 5.30. The molecule has 0 aliphatic heterocycles. The summed E-state index contributed by atoms with van der Waals surface area (Å²) in [6, 6.07) is 0. The fraction of sp³-hybridized carbons (Fsp3) is 0.867. The van der Waals surface area contributed by atoms with Crippen molar-refractivity contribution in [2.24, 2.45) is 0 Å². The maximum Gasteiger partial charge on any atom is 0.250 e. The molecule has 0 spiro atoms. The Kier molecular flexibility index (Phi) is 4.51. The van der Waals surface area contributed by atoms with Gasteiger partial charge in [-0.25, -0.2) is 0 Å². The molecule has 0 aromatic heterocycles. The second kappa shape index (κ2) is 5.04. The standard InChI is InChI=1S/C15H32O2Si2/c1-14(2,3)19(8,9)16-13-10-11-15(4,12-13)17-18(5,6)7/h10H,11-12H2,1-9H3. The van der Waals surface area contributed by atoms with Gasteiger partial charge < -0.3 is 8.85 Å². The molecule has 1 aliphatic rings. The van der Waals surface area contributed by atoms with E-state index >= 15 is 0 Å². The van der Waals surface area contributed by atoms with Crippen molar-refractivity contribution in [2.45, 2.75) is 83.9 Å². The first-order chi connectivity index (χ1) is 8.24. The first-order valence-electron chi connectivity index (χ1n) is 7.32. The molecule has 0 saturated heterocycles. The quantitative estimate of drug-likeness (QED) is 0.656. The highest BCUT2D eigenvalue weighted by molar-refractivity contribution is 6.74. The van der Waals surface area contributed by atoms with Gasteiger partial charge in [-0.2, -0.15) is 0 Å². The maximum atomic E-state index is 6.41. The molecule has 0 aromatic carbocycles. The molecule has 0 heterocycles. The van der Waals surface area contributed by atoms with E-state index in [0.29, 0.717) is 0 Å². The van der Waals surface area contributed by atoms with Gasteiger partial charge in [-0.1, -0.05) is 20.8 Å². The summed E-state index contributed by atoms with van der Waals surface area (Å²) in [7, 11) is -3.20. The highest BCUT2D eigenvalue weighted by Gasteiger charge is 2.42. The summed E-state index contributed by atoms with van der Waals surface area (Å²) in [5.41, 5.74) is -0.0395. The Bertz CT molecular complexity index is 361. The van der Waals surface area contributed by atoms with Crippen LogP contribution in [0.5, 0.6) is 0 Å².